The van der Waals surface area contributed by atoms with Crippen molar-refractivity contribution >= 4 is 21.6 Å². The lowest BCUT2D eigenvalue weighted by atomic mass is 10.2. The number of benzene rings is 1. The second kappa shape index (κ2) is 5.82. The molecule has 2 aromatic rings. The summed E-state index contributed by atoms with van der Waals surface area (Å²) in [6, 6.07) is 12.3. The minimum Gasteiger partial charge on any atom is -0.385 e. The van der Waals surface area contributed by atoms with Gasteiger partial charge < -0.3 is 5.32 Å². The predicted molar refractivity (Wildman–Crippen MR) is 75.3 cm³/mol. The molecule has 2 rings (SSSR count). The molecule has 0 radical (unpaired) electrons. The molecular formula is C14H15BrN2. The Morgan fingerprint density at radius 1 is 1.24 bits per heavy atom. The van der Waals surface area contributed by atoms with Crippen LogP contribution in [0.25, 0.3) is 0 Å². The zero-order valence-electron chi connectivity index (χ0n) is 9.78. The molecule has 0 atom stereocenters. The van der Waals surface area contributed by atoms with E-state index in [0.29, 0.717) is 0 Å². The highest BCUT2D eigenvalue weighted by Crippen LogP contribution is 2.20. The zero-order chi connectivity index (χ0) is 12.1. The van der Waals surface area contributed by atoms with Crippen molar-refractivity contribution in [3.05, 3.63) is 58.3 Å². The van der Waals surface area contributed by atoms with Gasteiger partial charge in [-0.05, 0) is 36.8 Å². The summed E-state index contributed by atoms with van der Waals surface area (Å²) < 4.78 is 1.14. The summed E-state index contributed by atoms with van der Waals surface area (Å²) in [5, 5.41) is 3.39. The van der Waals surface area contributed by atoms with E-state index in [2.05, 4.69) is 51.4 Å². The second-order valence-corrected chi connectivity index (χ2v) is 4.82. The minimum atomic E-state index is 0.895. The van der Waals surface area contributed by atoms with Crippen molar-refractivity contribution in [2.45, 2.75) is 13.3 Å². The summed E-state index contributed by atoms with van der Waals surface area (Å²) in [7, 11) is 0. The first-order valence-corrected chi connectivity index (χ1v) is 6.45. The van der Waals surface area contributed by atoms with Gasteiger partial charge in [-0.1, -0.05) is 28.1 Å². The standard InChI is InChI=1S/C14H15BrN2/c1-11-5-6-13(10-14(11)15)17-9-7-12-4-2-3-8-16-12/h2-6,8,10,17H,7,9H2,1H3. The summed E-state index contributed by atoms with van der Waals surface area (Å²) in [5.41, 5.74) is 3.50. The molecule has 2 nitrogen and oxygen atoms in total. The van der Waals surface area contributed by atoms with Gasteiger partial charge in [0.05, 0.1) is 0 Å². The fourth-order valence-electron chi connectivity index (χ4n) is 1.58. The number of nitrogens with one attached hydrogen (secondary N) is 1. The summed E-state index contributed by atoms with van der Waals surface area (Å²) in [6.07, 6.45) is 2.77. The van der Waals surface area contributed by atoms with Crippen molar-refractivity contribution in [1.29, 1.82) is 0 Å². The third kappa shape index (κ3) is 3.56. The Morgan fingerprint density at radius 2 is 2.12 bits per heavy atom. The van der Waals surface area contributed by atoms with Crippen molar-refractivity contribution in [1.82, 2.24) is 4.98 Å². The van der Waals surface area contributed by atoms with Crippen LogP contribution < -0.4 is 5.32 Å². The maximum atomic E-state index is 4.29. The van der Waals surface area contributed by atoms with Gasteiger partial charge in [0.1, 0.15) is 0 Å². The fraction of sp³-hybridized carbons (Fsp3) is 0.214. The monoisotopic (exact) mass is 290 g/mol. The molecule has 0 aliphatic heterocycles. The summed E-state index contributed by atoms with van der Waals surface area (Å²) in [6.45, 7) is 2.98. The molecule has 0 saturated carbocycles. The van der Waals surface area contributed by atoms with Crippen LogP contribution in [0.4, 0.5) is 5.69 Å². The Hall–Kier alpha value is -1.35. The second-order valence-electron chi connectivity index (χ2n) is 3.96. The van der Waals surface area contributed by atoms with Crippen LogP contribution in [-0.2, 0) is 6.42 Å². The molecule has 0 saturated heterocycles. The van der Waals surface area contributed by atoms with E-state index in [1.165, 1.54) is 5.56 Å². The lowest BCUT2D eigenvalue weighted by Gasteiger charge is -2.07. The largest absolute Gasteiger partial charge is 0.385 e. The van der Waals surface area contributed by atoms with Crippen molar-refractivity contribution in [3.8, 4) is 0 Å². The molecule has 1 aromatic carbocycles. The van der Waals surface area contributed by atoms with Gasteiger partial charge in [-0.25, -0.2) is 0 Å². The summed E-state index contributed by atoms with van der Waals surface area (Å²) in [4.78, 5) is 4.29. The molecule has 0 unspecified atom stereocenters. The van der Waals surface area contributed by atoms with Crippen LogP contribution in [0.2, 0.25) is 0 Å². The molecule has 88 valence electrons. The number of nitrogens with zero attached hydrogens (tertiary/aromatic N) is 1. The molecule has 3 heteroatoms. The smallest absolute Gasteiger partial charge is 0.0421 e. The van der Waals surface area contributed by atoms with Crippen LogP contribution in [0.5, 0.6) is 0 Å². The molecule has 1 N–H and O–H groups in total. The molecule has 1 heterocycles. The van der Waals surface area contributed by atoms with Gasteiger partial charge in [0.2, 0.25) is 0 Å². The van der Waals surface area contributed by atoms with E-state index in [1.54, 1.807) is 0 Å². The maximum Gasteiger partial charge on any atom is 0.0421 e. The van der Waals surface area contributed by atoms with E-state index < -0.39 is 0 Å². The Labute approximate surface area is 110 Å². The molecule has 0 amide bonds. The van der Waals surface area contributed by atoms with E-state index in [9.17, 15) is 0 Å². The van der Waals surface area contributed by atoms with E-state index >= 15 is 0 Å². The van der Waals surface area contributed by atoms with Crippen molar-refractivity contribution < 1.29 is 0 Å². The maximum absolute atomic E-state index is 4.29. The topological polar surface area (TPSA) is 24.9 Å². The molecule has 0 bridgehead atoms. The van der Waals surface area contributed by atoms with E-state index in [-0.39, 0.29) is 0 Å². The Bertz CT molecular complexity index is 483. The van der Waals surface area contributed by atoms with Crippen LogP contribution >= 0.6 is 15.9 Å². The van der Waals surface area contributed by atoms with E-state index in [0.717, 1.165) is 28.8 Å². The normalized spacial score (nSPS) is 10.2. The van der Waals surface area contributed by atoms with Gasteiger partial charge in [0, 0.05) is 35.0 Å². The van der Waals surface area contributed by atoms with Crippen LogP contribution in [-0.4, -0.2) is 11.5 Å². The molecule has 0 aliphatic carbocycles. The van der Waals surface area contributed by atoms with Crippen LogP contribution in [0.15, 0.2) is 47.1 Å². The fourth-order valence-corrected chi connectivity index (χ4v) is 1.96. The van der Waals surface area contributed by atoms with Crippen molar-refractivity contribution in [3.63, 3.8) is 0 Å². The number of hydrogen-bond acceptors (Lipinski definition) is 2. The number of aryl methyl sites for hydroxylation is 1. The van der Waals surface area contributed by atoms with Crippen molar-refractivity contribution in [2.75, 3.05) is 11.9 Å². The average molecular weight is 291 g/mol. The third-order valence-electron chi connectivity index (χ3n) is 2.61. The van der Waals surface area contributed by atoms with Gasteiger partial charge in [-0.15, -0.1) is 0 Å². The highest BCUT2D eigenvalue weighted by Gasteiger charge is 1.97. The number of aromatic nitrogens is 1. The van der Waals surface area contributed by atoms with E-state index in [4.69, 9.17) is 0 Å². The zero-order valence-corrected chi connectivity index (χ0v) is 11.4. The summed E-state index contributed by atoms with van der Waals surface area (Å²) >= 11 is 3.53. The van der Waals surface area contributed by atoms with Gasteiger partial charge in [0.15, 0.2) is 0 Å². The molecule has 1 aromatic heterocycles. The van der Waals surface area contributed by atoms with Crippen LogP contribution in [0, 0.1) is 6.92 Å². The first-order chi connectivity index (χ1) is 8.25. The minimum absolute atomic E-state index is 0.895. The van der Waals surface area contributed by atoms with Gasteiger partial charge >= 0.3 is 0 Å². The van der Waals surface area contributed by atoms with Crippen LogP contribution in [0.1, 0.15) is 11.3 Å². The molecular weight excluding hydrogens is 276 g/mol. The number of halogens is 1. The third-order valence-corrected chi connectivity index (χ3v) is 3.46. The quantitative estimate of drug-likeness (QED) is 0.926. The number of pyridine rings is 1. The molecule has 17 heavy (non-hydrogen) atoms. The first-order valence-electron chi connectivity index (χ1n) is 5.65. The predicted octanol–water partition coefficient (Wildman–Crippen LogP) is 3.81. The molecule has 0 spiro atoms. The SMILES string of the molecule is Cc1ccc(NCCc2ccccn2)cc1Br. The van der Waals surface area contributed by atoms with Gasteiger partial charge in [0.25, 0.3) is 0 Å². The highest BCUT2D eigenvalue weighted by molar-refractivity contribution is 9.10. The summed E-state index contributed by atoms with van der Waals surface area (Å²) in [5.74, 6) is 0. The molecule has 0 fully saturated rings. The number of rotatable bonds is 4. The Kier molecular flexibility index (Phi) is 4.15. The highest BCUT2D eigenvalue weighted by atomic mass is 79.9. The average Bonchev–Trinajstić information content (AvgIpc) is 2.35. The van der Waals surface area contributed by atoms with E-state index in [1.807, 2.05) is 24.4 Å². The first kappa shape index (κ1) is 12.1. The van der Waals surface area contributed by atoms with Crippen molar-refractivity contribution in [2.24, 2.45) is 0 Å². The van der Waals surface area contributed by atoms with Crippen LogP contribution in [0.3, 0.4) is 0 Å². The van der Waals surface area contributed by atoms with Gasteiger partial charge in [-0.3, -0.25) is 4.98 Å². The lowest BCUT2D eigenvalue weighted by Crippen LogP contribution is -2.05. The molecule has 0 aliphatic rings. The number of anilines is 1. The Balaban J connectivity index is 1.88. The van der Waals surface area contributed by atoms with Gasteiger partial charge in [-0.2, -0.15) is 0 Å². The number of hydrogen-bond donors (Lipinski definition) is 1. The Morgan fingerprint density at radius 3 is 2.82 bits per heavy atom. The lowest BCUT2D eigenvalue weighted by molar-refractivity contribution is 0.961.